The highest BCUT2D eigenvalue weighted by Gasteiger charge is 2.28. The highest BCUT2D eigenvalue weighted by atomic mass is 32.2. The first-order valence-electron chi connectivity index (χ1n) is 10.8. The fourth-order valence-corrected chi connectivity index (χ4v) is 3.88. The van der Waals surface area contributed by atoms with E-state index in [1.54, 1.807) is 37.4 Å². The van der Waals surface area contributed by atoms with Gasteiger partial charge in [0.1, 0.15) is 10.8 Å². The minimum absolute atomic E-state index is 0.0194. The molecule has 0 radical (unpaired) electrons. The number of carbonyl (C=O) groups excluding carboxylic acids is 1. The van der Waals surface area contributed by atoms with Gasteiger partial charge in [-0.2, -0.15) is 9.98 Å². The number of amides is 1. The summed E-state index contributed by atoms with van der Waals surface area (Å²) in [4.78, 5) is 24.8. The number of nitrogens with zero attached hydrogens (tertiary/aromatic N) is 4. The molecular weight excluding hydrogens is 491 g/mol. The van der Waals surface area contributed by atoms with E-state index >= 15 is 4.39 Å². The SMILES string of the molecule is COC(=O)/N=C(\SC)C(=Nc1ccc(-c2noc(C)n2)cc1)c1cc(OC)c2c(c1F)OCCCO2. The maximum atomic E-state index is 15.9. The van der Waals surface area contributed by atoms with E-state index in [4.69, 9.17) is 18.7 Å². The van der Waals surface area contributed by atoms with Gasteiger partial charge >= 0.3 is 6.09 Å². The van der Waals surface area contributed by atoms with Gasteiger partial charge in [-0.1, -0.05) is 5.16 Å². The van der Waals surface area contributed by atoms with Gasteiger partial charge in [-0.15, -0.1) is 11.8 Å². The molecule has 1 aromatic heterocycles. The lowest BCUT2D eigenvalue weighted by molar-refractivity contribution is 0.183. The highest BCUT2D eigenvalue weighted by Crippen LogP contribution is 2.43. The Kier molecular flexibility index (Phi) is 7.84. The molecule has 0 unspecified atom stereocenters. The van der Waals surface area contributed by atoms with E-state index in [9.17, 15) is 4.79 Å². The van der Waals surface area contributed by atoms with Crippen LogP contribution in [0.3, 0.4) is 0 Å². The fourth-order valence-electron chi connectivity index (χ4n) is 3.37. The van der Waals surface area contributed by atoms with Gasteiger partial charge in [0.15, 0.2) is 11.6 Å². The van der Waals surface area contributed by atoms with Gasteiger partial charge in [0.2, 0.25) is 23.2 Å². The Balaban J connectivity index is 1.87. The summed E-state index contributed by atoms with van der Waals surface area (Å²) >= 11 is 1.11. The lowest BCUT2D eigenvalue weighted by Gasteiger charge is -2.17. The molecule has 3 aromatic rings. The van der Waals surface area contributed by atoms with Crippen molar-refractivity contribution in [1.29, 1.82) is 0 Å². The molecule has 0 saturated heterocycles. The van der Waals surface area contributed by atoms with E-state index in [1.807, 2.05) is 0 Å². The Morgan fingerprint density at radius 1 is 1.14 bits per heavy atom. The zero-order valence-electron chi connectivity index (χ0n) is 20.0. The van der Waals surface area contributed by atoms with Crippen LogP contribution in [0.15, 0.2) is 44.8 Å². The monoisotopic (exact) mass is 514 g/mol. The lowest BCUT2D eigenvalue weighted by atomic mass is 10.1. The van der Waals surface area contributed by atoms with Crippen LogP contribution in [-0.4, -0.2) is 60.7 Å². The predicted molar refractivity (Wildman–Crippen MR) is 133 cm³/mol. The third kappa shape index (κ3) is 5.33. The molecular formula is C24H23FN4O6S. The van der Waals surface area contributed by atoms with Crippen LogP contribution in [0.1, 0.15) is 17.9 Å². The molecule has 10 nitrogen and oxygen atoms in total. The van der Waals surface area contributed by atoms with Crippen molar-refractivity contribution in [2.24, 2.45) is 9.98 Å². The number of methoxy groups -OCH3 is 2. The maximum absolute atomic E-state index is 15.9. The van der Waals surface area contributed by atoms with E-state index in [0.29, 0.717) is 36.0 Å². The van der Waals surface area contributed by atoms with Crippen molar-refractivity contribution in [2.75, 3.05) is 33.7 Å². The highest BCUT2D eigenvalue weighted by molar-refractivity contribution is 8.15. The number of thioether (sulfide) groups is 1. The standard InChI is InChI=1S/C24H23FN4O6S/c1-13-26-22(29-35-13)14-6-8-15(9-7-14)27-19(23(36-4)28-24(30)32-3)16-12-17(31-2)20-21(18(16)25)34-11-5-10-33-20/h6-9,12H,5,10-11H2,1-4H3/b27-19?,28-23-. The molecule has 1 aliphatic rings. The minimum atomic E-state index is -0.850. The molecule has 12 heteroatoms. The van der Waals surface area contributed by atoms with Crippen LogP contribution in [0.5, 0.6) is 17.2 Å². The quantitative estimate of drug-likeness (QED) is 0.342. The second kappa shape index (κ2) is 11.2. The van der Waals surface area contributed by atoms with Crippen molar-refractivity contribution in [1.82, 2.24) is 10.1 Å². The van der Waals surface area contributed by atoms with Crippen LogP contribution >= 0.6 is 11.8 Å². The van der Waals surface area contributed by atoms with Crippen LogP contribution < -0.4 is 14.2 Å². The molecule has 1 amide bonds. The summed E-state index contributed by atoms with van der Waals surface area (Å²) in [5, 5.41) is 4.04. The van der Waals surface area contributed by atoms with Gasteiger partial charge in [0.05, 0.1) is 33.1 Å². The second-order valence-corrected chi connectivity index (χ2v) is 8.18. The van der Waals surface area contributed by atoms with Gasteiger partial charge < -0.3 is 23.5 Å². The maximum Gasteiger partial charge on any atom is 0.434 e. The number of fused-ring (bicyclic) bond motifs is 1. The third-order valence-corrected chi connectivity index (χ3v) is 5.73. The van der Waals surface area contributed by atoms with Crippen molar-refractivity contribution in [2.45, 2.75) is 13.3 Å². The Morgan fingerprint density at radius 2 is 1.86 bits per heavy atom. The van der Waals surface area contributed by atoms with Crippen molar-refractivity contribution < 1.29 is 32.7 Å². The summed E-state index contributed by atoms with van der Waals surface area (Å²) in [5.74, 6) is 0.506. The van der Waals surface area contributed by atoms with Crippen molar-refractivity contribution in [3.8, 4) is 28.6 Å². The summed E-state index contributed by atoms with van der Waals surface area (Å²) in [5.41, 5.74) is 1.28. The van der Waals surface area contributed by atoms with Crippen molar-refractivity contribution >= 4 is 34.3 Å². The van der Waals surface area contributed by atoms with Crippen LogP contribution in [0.4, 0.5) is 14.9 Å². The van der Waals surface area contributed by atoms with Crippen LogP contribution in [-0.2, 0) is 4.74 Å². The Bertz CT molecular complexity index is 1320. The largest absolute Gasteiger partial charge is 0.493 e. The number of carbonyl (C=O) groups is 1. The molecule has 0 saturated carbocycles. The third-order valence-electron chi connectivity index (χ3n) is 5.06. The molecule has 1 aliphatic heterocycles. The fraction of sp³-hybridized carbons (Fsp3) is 0.292. The van der Waals surface area contributed by atoms with Crippen molar-refractivity contribution in [3.05, 3.63) is 47.6 Å². The number of hydrogen-bond donors (Lipinski definition) is 0. The number of halogens is 1. The zero-order valence-corrected chi connectivity index (χ0v) is 20.8. The summed E-state index contributed by atoms with van der Waals surface area (Å²) in [6, 6.07) is 8.36. The minimum Gasteiger partial charge on any atom is -0.493 e. The van der Waals surface area contributed by atoms with Crippen molar-refractivity contribution in [3.63, 3.8) is 0 Å². The number of aromatic nitrogens is 2. The smallest absolute Gasteiger partial charge is 0.434 e. The number of rotatable bonds is 5. The number of hydrogen-bond acceptors (Lipinski definition) is 10. The molecule has 0 N–H and O–H groups in total. The molecule has 0 atom stereocenters. The average molecular weight is 515 g/mol. The Morgan fingerprint density at radius 3 is 2.47 bits per heavy atom. The molecule has 188 valence electrons. The first-order chi connectivity index (χ1) is 17.4. The Labute approximate surface area is 210 Å². The van der Waals surface area contributed by atoms with Gasteiger partial charge in [-0.25, -0.2) is 14.2 Å². The first kappa shape index (κ1) is 25.2. The Hall–Kier alpha value is -3.93. The molecule has 0 fully saturated rings. The zero-order chi connectivity index (χ0) is 25.7. The lowest BCUT2D eigenvalue weighted by Crippen LogP contribution is -2.17. The second-order valence-electron chi connectivity index (χ2n) is 7.38. The number of ether oxygens (including phenoxy) is 4. The summed E-state index contributed by atoms with van der Waals surface area (Å²) in [6.45, 7) is 2.32. The molecule has 36 heavy (non-hydrogen) atoms. The normalized spacial score (nSPS) is 13.8. The van der Waals surface area contributed by atoms with Gasteiger partial charge in [0, 0.05) is 24.5 Å². The van der Waals surface area contributed by atoms with Gasteiger partial charge in [-0.3, -0.25) is 0 Å². The molecule has 4 rings (SSSR count). The van der Waals surface area contributed by atoms with E-state index in [0.717, 1.165) is 11.8 Å². The topological polar surface area (TPSA) is 118 Å². The van der Waals surface area contributed by atoms with E-state index in [2.05, 4.69) is 24.9 Å². The molecule has 2 aromatic carbocycles. The number of aliphatic imine (C=N–C) groups is 2. The van der Waals surface area contributed by atoms with E-state index in [-0.39, 0.29) is 40.2 Å². The molecule has 0 bridgehead atoms. The van der Waals surface area contributed by atoms with Crippen LogP contribution in [0.25, 0.3) is 11.4 Å². The summed E-state index contributed by atoms with van der Waals surface area (Å²) in [6.07, 6.45) is 1.42. The molecule has 0 aliphatic carbocycles. The number of benzene rings is 2. The summed E-state index contributed by atoms with van der Waals surface area (Å²) in [7, 11) is 2.65. The molecule has 0 spiro atoms. The van der Waals surface area contributed by atoms with E-state index < -0.39 is 11.9 Å². The van der Waals surface area contributed by atoms with Crippen LogP contribution in [0.2, 0.25) is 0 Å². The van der Waals surface area contributed by atoms with Gasteiger partial charge in [-0.05, 0) is 36.6 Å². The number of aryl methyl sites for hydroxylation is 1. The summed E-state index contributed by atoms with van der Waals surface area (Å²) < 4.78 is 42.4. The average Bonchev–Trinajstić information content (AvgIpc) is 3.17. The molecule has 2 heterocycles. The van der Waals surface area contributed by atoms with Gasteiger partial charge in [0.25, 0.3) is 0 Å². The van der Waals surface area contributed by atoms with E-state index in [1.165, 1.54) is 20.3 Å². The predicted octanol–water partition coefficient (Wildman–Crippen LogP) is 5.00. The van der Waals surface area contributed by atoms with Crippen LogP contribution in [0, 0.1) is 12.7 Å². The first-order valence-corrected chi connectivity index (χ1v) is 12.0.